The molecule has 1 N–H and O–H groups in total. The molecule has 112 valence electrons. The van der Waals surface area contributed by atoms with Crippen molar-refractivity contribution in [2.45, 2.75) is 11.0 Å². The quantitative estimate of drug-likeness (QED) is 0.825. The van der Waals surface area contributed by atoms with Crippen LogP contribution in [-0.4, -0.2) is 50.2 Å². The second-order valence-electron chi connectivity index (χ2n) is 4.21. The Morgan fingerprint density at radius 2 is 2.00 bits per heavy atom. The highest BCUT2D eigenvalue weighted by atomic mass is 32.2. The average molecular weight is 311 g/mol. The van der Waals surface area contributed by atoms with Crippen molar-refractivity contribution >= 4 is 10.0 Å². The molecule has 0 saturated carbocycles. The summed E-state index contributed by atoms with van der Waals surface area (Å²) in [5, 5.41) is 8.95. The first-order chi connectivity index (χ1) is 9.37. The van der Waals surface area contributed by atoms with Gasteiger partial charge in [0.1, 0.15) is 4.90 Å². The highest BCUT2D eigenvalue weighted by molar-refractivity contribution is 7.89. The topological polar surface area (TPSA) is 66.8 Å². The first kappa shape index (κ1) is 15.2. The number of aliphatic hydroxyl groups excluding tert-OH is 1. The standard InChI is InChI=1S/C11H12F3NO4S/c12-8-1-2-9(11(14)10(8)13)20(17,18)15-3-4-19-7(5-15)6-16/h1-2,7,16H,3-6H2. The van der Waals surface area contributed by atoms with Gasteiger partial charge in [-0.1, -0.05) is 0 Å². The van der Waals surface area contributed by atoms with E-state index in [1.165, 1.54) is 0 Å². The van der Waals surface area contributed by atoms with Gasteiger partial charge in [0, 0.05) is 13.1 Å². The maximum atomic E-state index is 13.6. The Kier molecular flexibility index (Phi) is 4.33. The van der Waals surface area contributed by atoms with E-state index in [0.717, 1.165) is 4.31 Å². The summed E-state index contributed by atoms with van der Waals surface area (Å²) in [6.07, 6.45) is -0.730. The molecule has 9 heteroatoms. The minimum Gasteiger partial charge on any atom is -0.394 e. The van der Waals surface area contributed by atoms with Crippen LogP contribution in [0.2, 0.25) is 0 Å². The van der Waals surface area contributed by atoms with Crippen LogP contribution in [0.1, 0.15) is 0 Å². The Morgan fingerprint density at radius 3 is 2.65 bits per heavy atom. The lowest BCUT2D eigenvalue weighted by Gasteiger charge is -2.31. The van der Waals surface area contributed by atoms with Crippen LogP contribution in [0.3, 0.4) is 0 Å². The van der Waals surface area contributed by atoms with Crippen molar-refractivity contribution in [1.29, 1.82) is 0 Å². The Labute approximate surface area is 113 Å². The lowest BCUT2D eigenvalue weighted by atomic mass is 10.3. The Balaban J connectivity index is 2.38. The summed E-state index contributed by atoms with van der Waals surface area (Å²) in [7, 11) is -4.31. The normalized spacial score (nSPS) is 21.1. The number of halogens is 3. The van der Waals surface area contributed by atoms with E-state index in [1.807, 2.05) is 0 Å². The number of hydrogen-bond donors (Lipinski definition) is 1. The third-order valence-corrected chi connectivity index (χ3v) is 4.81. The number of ether oxygens (including phenoxy) is 1. The van der Waals surface area contributed by atoms with Crippen molar-refractivity contribution in [2.24, 2.45) is 0 Å². The number of rotatable bonds is 3. The fourth-order valence-electron chi connectivity index (χ4n) is 1.87. The molecule has 1 aliphatic heterocycles. The van der Waals surface area contributed by atoms with Crippen LogP contribution >= 0.6 is 0 Å². The molecular formula is C11H12F3NO4S. The summed E-state index contributed by atoms with van der Waals surface area (Å²) >= 11 is 0. The molecule has 0 spiro atoms. The number of sulfonamides is 1. The van der Waals surface area contributed by atoms with Crippen molar-refractivity contribution in [3.05, 3.63) is 29.6 Å². The molecule has 20 heavy (non-hydrogen) atoms. The van der Waals surface area contributed by atoms with E-state index >= 15 is 0 Å². The monoisotopic (exact) mass is 311 g/mol. The molecule has 0 aromatic heterocycles. The molecule has 1 unspecified atom stereocenters. The lowest BCUT2D eigenvalue weighted by Crippen LogP contribution is -2.47. The molecule has 2 rings (SSSR count). The minimum atomic E-state index is -4.31. The Hall–Kier alpha value is -1.16. The van der Waals surface area contributed by atoms with E-state index in [4.69, 9.17) is 9.84 Å². The van der Waals surface area contributed by atoms with Gasteiger partial charge in [0.25, 0.3) is 0 Å². The van der Waals surface area contributed by atoms with Gasteiger partial charge in [-0.05, 0) is 12.1 Å². The van der Waals surface area contributed by atoms with Crippen LogP contribution in [0.25, 0.3) is 0 Å². The molecule has 1 fully saturated rings. The maximum absolute atomic E-state index is 13.6. The van der Waals surface area contributed by atoms with Gasteiger partial charge in [-0.15, -0.1) is 0 Å². The summed E-state index contributed by atoms with van der Waals surface area (Å²) in [4.78, 5) is -0.935. The highest BCUT2D eigenvalue weighted by Gasteiger charge is 2.33. The highest BCUT2D eigenvalue weighted by Crippen LogP contribution is 2.24. The molecule has 1 heterocycles. The molecule has 0 aliphatic carbocycles. The summed E-state index contributed by atoms with van der Waals surface area (Å²) in [6, 6.07) is 1.22. The largest absolute Gasteiger partial charge is 0.394 e. The lowest BCUT2D eigenvalue weighted by molar-refractivity contribution is -0.0305. The van der Waals surface area contributed by atoms with Gasteiger partial charge in [0.05, 0.1) is 19.3 Å². The van der Waals surface area contributed by atoms with Crippen LogP contribution < -0.4 is 0 Å². The molecule has 1 atom stereocenters. The van der Waals surface area contributed by atoms with Crippen molar-refractivity contribution in [2.75, 3.05) is 26.3 Å². The molecule has 5 nitrogen and oxygen atoms in total. The zero-order chi connectivity index (χ0) is 14.9. The third-order valence-electron chi connectivity index (χ3n) is 2.92. The Morgan fingerprint density at radius 1 is 1.30 bits per heavy atom. The van der Waals surface area contributed by atoms with Gasteiger partial charge in [-0.3, -0.25) is 0 Å². The number of benzene rings is 1. The zero-order valence-electron chi connectivity index (χ0n) is 10.2. The predicted molar refractivity (Wildman–Crippen MR) is 61.9 cm³/mol. The van der Waals surface area contributed by atoms with E-state index in [0.29, 0.717) is 12.1 Å². The van der Waals surface area contributed by atoms with E-state index < -0.39 is 45.1 Å². The molecule has 0 bridgehead atoms. The van der Waals surface area contributed by atoms with Crippen LogP contribution in [0.15, 0.2) is 17.0 Å². The van der Waals surface area contributed by atoms with E-state index in [1.54, 1.807) is 0 Å². The fourth-order valence-corrected chi connectivity index (χ4v) is 3.38. The molecule has 1 aliphatic rings. The van der Waals surface area contributed by atoms with Gasteiger partial charge in [-0.2, -0.15) is 4.31 Å². The second-order valence-corrected chi connectivity index (χ2v) is 6.12. The summed E-state index contributed by atoms with van der Waals surface area (Å²) in [5.41, 5.74) is 0. The number of morpholine rings is 1. The van der Waals surface area contributed by atoms with Crippen LogP contribution in [0.4, 0.5) is 13.2 Å². The second kappa shape index (κ2) is 5.68. The van der Waals surface area contributed by atoms with Gasteiger partial charge in [0.15, 0.2) is 17.5 Å². The van der Waals surface area contributed by atoms with E-state index in [9.17, 15) is 21.6 Å². The molecule has 1 saturated heterocycles. The van der Waals surface area contributed by atoms with Crippen molar-refractivity contribution < 1.29 is 31.4 Å². The first-order valence-corrected chi connectivity index (χ1v) is 7.18. The van der Waals surface area contributed by atoms with E-state index in [-0.39, 0.29) is 19.7 Å². The van der Waals surface area contributed by atoms with Crippen LogP contribution in [0.5, 0.6) is 0 Å². The fraction of sp³-hybridized carbons (Fsp3) is 0.455. The maximum Gasteiger partial charge on any atom is 0.246 e. The summed E-state index contributed by atoms with van der Waals surface area (Å²) in [6.45, 7) is -0.615. The number of nitrogens with zero attached hydrogens (tertiary/aromatic N) is 1. The van der Waals surface area contributed by atoms with Gasteiger partial charge < -0.3 is 9.84 Å². The smallest absolute Gasteiger partial charge is 0.246 e. The van der Waals surface area contributed by atoms with E-state index in [2.05, 4.69) is 0 Å². The first-order valence-electron chi connectivity index (χ1n) is 5.74. The third kappa shape index (κ3) is 2.66. The van der Waals surface area contributed by atoms with Gasteiger partial charge in [0.2, 0.25) is 10.0 Å². The molecule has 1 aromatic carbocycles. The summed E-state index contributed by atoms with van der Waals surface area (Å²) < 4.78 is 69.9. The molecule has 0 radical (unpaired) electrons. The zero-order valence-corrected chi connectivity index (χ0v) is 11.0. The van der Waals surface area contributed by atoms with Crippen molar-refractivity contribution in [3.8, 4) is 0 Å². The average Bonchev–Trinajstić information content (AvgIpc) is 2.44. The molecule has 1 aromatic rings. The summed E-state index contributed by atoms with van der Waals surface area (Å²) in [5.74, 6) is -5.05. The van der Waals surface area contributed by atoms with Gasteiger partial charge >= 0.3 is 0 Å². The van der Waals surface area contributed by atoms with Crippen LogP contribution in [0, 0.1) is 17.5 Å². The number of hydrogen-bond acceptors (Lipinski definition) is 4. The molecular weight excluding hydrogens is 299 g/mol. The van der Waals surface area contributed by atoms with Crippen molar-refractivity contribution in [3.63, 3.8) is 0 Å². The van der Waals surface area contributed by atoms with Gasteiger partial charge in [-0.25, -0.2) is 21.6 Å². The van der Waals surface area contributed by atoms with Crippen LogP contribution in [-0.2, 0) is 14.8 Å². The number of aliphatic hydroxyl groups is 1. The van der Waals surface area contributed by atoms with Crippen molar-refractivity contribution in [1.82, 2.24) is 4.31 Å². The SMILES string of the molecule is O=S(=O)(c1ccc(F)c(F)c1F)N1CCOC(CO)C1. The predicted octanol–water partition coefficient (Wildman–Crippen LogP) is 0.486. The molecule has 0 amide bonds. The Bertz CT molecular complexity index is 608. The minimum absolute atomic E-state index is 0.0236.